The predicted molar refractivity (Wildman–Crippen MR) is 34.8 cm³/mol. The van der Waals surface area contributed by atoms with Gasteiger partial charge in [-0.05, 0) is 12.8 Å². The highest BCUT2D eigenvalue weighted by atomic mass is 16.4. The average Bonchev–Trinajstić information content (AvgIpc) is 1.96. The molecule has 0 bridgehead atoms. The van der Waals surface area contributed by atoms with Gasteiger partial charge in [-0.2, -0.15) is 0 Å². The Bertz CT molecular complexity index is 191. The van der Waals surface area contributed by atoms with Crippen LogP contribution >= 0.6 is 0 Å². The lowest BCUT2D eigenvalue weighted by Crippen LogP contribution is -2.51. The molecule has 0 aromatic rings. The number of aliphatic carboxylic acids is 1. The zero-order valence-electron chi connectivity index (χ0n) is 5.78. The fourth-order valence-electron chi connectivity index (χ4n) is 0.881. The first kappa shape index (κ1) is 8.00. The van der Waals surface area contributed by atoms with E-state index >= 15 is 0 Å². The van der Waals surface area contributed by atoms with Gasteiger partial charge in [-0.15, -0.1) is 0 Å². The Morgan fingerprint density at radius 3 is 2.27 bits per heavy atom. The third kappa shape index (κ3) is 1.68. The molecule has 0 aliphatic heterocycles. The van der Waals surface area contributed by atoms with Crippen molar-refractivity contribution in [1.29, 1.82) is 0 Å². The molecule has 1 amide bonds. The normalized spacial score (nSPS) is 28.8. The van der Waals surface area contributed by atoms with Gasteiger partial charge in [0.15, 0.2) is 0 Å². The summed E-state index contributed by atoms with van der Waals surface area (Å²) in [7, 11) is 0. The minimum Gasteiger partial charge on any atom is -0.474 e. The van der Waals surface area contributed by atoms with Gasteiger partial charge in [0, 0.05) is 0 Å². The molecule has 1 saturated carbocycles. The van der Waals surface area contributed by atoms with Crippen molar-refractivity contribution < 1.29 is 19.8 Å². The Hall–Kier alpha value is -1.10. The fraction of sp³-hybridized carbons (Fsp3) is 0.667. The van der Waals surface area contributed by atoms with Crippen LogP contribution in [0.4, 0.5) is 0 Å². The minimum absolute atomic E-state index is 0.362. The number of carbonyl (C=O) groups excluding carboxylic acids is 1. The van der Waals surface area contributed by atoms with Crippen molar-refractivity contribution in [3.05, 3.63) is 0 Å². The first-order valence-electron chi connectivity index (χ1n) is 3.33. The molecule has 3 N–H and O–H groups in total. The van der Waals surface area contributed by atoms with Gasteiger partial charge in [0.05, 0.1) is 12.1 Å². The van der Waals surface area contributed by atoms with Gasteiger partial charge >= 0.3 is 11.9 Å². The number of amides is 1. The smallest absolute Gasteiger partial charge is 0.394 e. The Morgan fingerprint density at radius 2 is 2.00 bits per heavy atom. The molecule has 1 aliphatic carbocycles. The Labute approximate surface area is 63.0 Å². The molecule has 1 rings (SSSR count). The van der Waals surface area contributed by atoms with Gasteiger partial charge in [0.2, 0.25) is 0 Å². The maximum atomic E-state index is 10.5. The van der Waals surface area contributed by atoms with Gasteiger partial charge in [-0.3, -0.25) is 4.79 Å². The van der Waals surface area contributed by atoms with Crippen LogP contribution in [0.25, 0.3) is 0 Å². The third-order valence-corrected chi connectivity index (χ3v) is 1.75. The third-order valence-electron chi connectivity index (χ3n) is 1.75. The number of aliphatic hydroxyl groups is 1. The average molecular weight is 159 g/mol. The Kier molecular flexibility index (Phi) is 2.09. The van der Waals surface area contributed by atoms with Crippen LogP contribution in [0.3, 0.4) is 0 Å². The van der Waals surface area contributed by atoms with E-state index < -0.39 is 18.0 Å². The molecule has 0 unspecified atom stereocenters. The lowest BCUT2D eigenvalue weighted by molar-refractivity contribution is -0.151. The van der Waals surface area contributed by atoms with Crippen LogP contribution in [0.15, 0.2) is 0 Å². The zero-order valence-corrected chi connectivity index (χ0v) is 5.78. The van der Waals surface area contributed by atoms with Crippen molar-refractivity contribution in [2.24, 2.45) is 0 Å². The van der Waals surface area contributed by atoms with Crippen LogP contribution in [-0.2, 0) is 9.59 Å². The van der Waals surface area contributed by atoms with E-state index in [1.807, 2.05) is 0 Å². The van der Waals surface area contributed by atoms with E-state index in [1.165, 1.54) is 0 Å². The molecule has 0 aromatic heterocycles. The van der Waals surface area contributed by atoms with E-state index in [4.69, 9.17) is 10.2 Å². The molecular formula is C6H9NO4. The predicted octanol–water partition coefficient (Wildman–Crippen LogP) is -1.29. The highest BCUT2D eigenvalue weighted by Crippen LogP contribution is 2.18. The maximum absolute atomic E-state index is 10.5. The van der Waals surface area contributed by atoms with Crippen LogP contribution in [0.1, 0.15) is 12.8 Å². The summed E-state index contributed by atoms with van der Waals surface area (Å²) >= 11 is 0. The quantitative estimate of drug-likeness (QED) is 0.415. The van der Waals surface area contributed by atoms with Crippen LogP contribution in [0.5, 0.6) is 0 Å². The lowest BCUT2D eigenvalue weighted by Gasteiger charge is -2.32. The molecule has 5 nitrogen and oxygen atoms in total. The van der Waals surface area contributed by atoms with E-state index in [2.05, 4.69) is 5.32 Å². The summed E-state index contributed by atoms with van der Waals surface area (Å²) in [5.41, 5.74) is 0. The van der Waals surface area contributed by atoms with Crippen molar-refractivity contribution in [1.82, 2.24) is 5.32 Å². The molecule has 2 atom stereocenters. The van der Waals surface area contributed by atoms with E-state index in [-0.39, 0.29) is 6.04 Å². The minimum atomic E-state index is -1.51. The topological polar surface area (TPSA) is 86.6 Å². The summed E-state index contributed by atoms with van der Waals surface area (Å²) in [6, 6.07) is -0.362. The van der Waals surface area contributed by atoms with Crippen molar-refractivity contribution in [3.63, 3.8) is 0 Å². The second-order valence-electron chi connectivity index (χ2n) is 2.53. The van der Waals surface area contributed by atoms with Crippen molar-refractivity contribution in [2.45, 2.75) is 25.0 Å². The van der Waals surface area contributed by atoms with Gasteiger partial charge in [-0.25, -0.2) is 4.79 Å². The zero-order chi connectivity index (χ0) is 8.43. The number of nitrogens with one attached hydrogen (secondary N) is 1. The first-order chi connectivity index (χ1) is 5.11. The van der Waals surface area contributed by atoms with E-state index in [0.717, 1.165) is 0 Å². The first-order valence-corrected chi connectivity index (χ1v) is 3.33. The maximum Gasteiger partial charge on any atom is 0.394 e. The summed E-state index contributed by atoms with van der Waals surface area (Å²) in [5, 5.41) is 19.3. The van der Waals surface area contributed by atoms with Crippen molar-refractivity contribution in [2.75, 3.05) is 0 Å². The number of carbonyl (C=O) groups is 2. The second-order valence-corrected chi connectivity index (χ2v) is 2.53. The van der Waals surface area contributed by atoms with Crippen molar-refractivity contribution >= 4 is 11.9 Å². The Balaban J connectivity index is 2.31. The number of aliphatic hydroxyl groups excluding tert-OH is 1. The molecule has 0 saturated heterocycles. The molecule has 5 heteroatoms. The summed E-state index contributed by atoms with van der Waals surface area (Å²) in [4.78, 5) is 20.5. The monoisotopic (exact) mass is 159 g/mol. The molecule has 0 heterocycles. The molecule has 11 heavy (non-hydrogen) atoms. The molecule has 1 aliphatic rings. The summed E-state index contributed by atoms with van der Waals surface area (Å²) in [6.07, 6.45) is 0.711. The second kappa shape index (κ2) is 2.87. The van der Waals surface area contributed by atoms with Crippen LogP contribution in [0.2, 0.25) is 0 Å². The molecule has 0 radical (unpaired) electrons. The van der Waals surface area contributed by atoms with E-state index in [1.54, 1.807) is 0 Å². The van der Waals surface area contributed by atoms with Gasteiger partial charge < -0.3 is 15.5 Å². The number of carboxylic acids is 1. The van der Waals surface area contributed by atoms with Gasteiger partial charge in [0.25, 0.3) is 0 Å². The van der Waals surface area contributed by atoms with E-state index in [0.29, 0.717) is 12.8 Å². The largest absolute Gasteiger partial charge is 0.474 e. The highest BCUT2D eigenvalue weighted by molar-refractivity contribution is 6.31. The lowest BCUT2D eigenvalue weighted by atomic mass is 9.89. The molecule has 62 valence electrons. The number of hydrogen-bond acceptors (Lipinski definition) is 3. The fourth-order valence-corrected chi connectivity index (χ4v) is 0.881. The van der Waals surface area contributed by atoms with E-state index in [9.17, 15) is 9.59 Å². The number of carboxylic acid groups (broad SMARTS) is 1. The molecule has 1 fully saturated rings. The van der Waals surface area contributed by atoms with Gasteiger partial charge in [0.1, 0.15) is 0 Å². The SMILES string of the molecule is O=C(O)C(=O)N[C@@H]1CC[C@H]1O. The summed E-state index contributed by atoms with van der Waals surface area (Å²) < 4.78 is 0. The van der Waals surface area contributed by atoms with Gasteiger partial charge in [-0.1, -0.05) is 0 Å². The highest BCUT2D eigenvalue weighted by Gasteiger charge is 2.31. The summed E-state index contributed by atoms with van der Waals surface area (Å²) in [5.74, 6) is -2.56. The van der Waals surface area contributed by atoms with Crippen molar-refractivity contribution in [3.8, 4) is 0 Å². The molecule has 0 aromatic carbocycles. The molecule has 0 spiro atoms. The standard InChI is InChI=1S/C6H9NO4/c8-4-2-1-3(4)7-5(9)6(10)11/h3-4,8H,1-2H2,(H,7,9)(H,10,11)/t3-,4-/m1/s1. The van der Waals surface area contributed by atoms with Crippen LogP contribution in [-0.4, -0.2) is 34.2 Å². The Morgan fingerprint density at radius 1 is 1.36 bits per heavy atom. The summed E-state index contributed by atoms with van der Waals surface area (Å²) in [6.45, 7) is 0. The van der Waals surface area contributed by atoms with Crippen LogP contribution in [0, 0.1) is 0 Å². The number of hydrogen-bond donors (Lipinski definition) is 3. The van der Waals surface area contributed by atoms with Crippen LogP contribution < -0.4 is 5.32 Å². The number of rotatable bonds is 1. The molecular weight excluding hydrogens is 150 g/mol.